The average molecular weight is 239 g/mol. The van der Waals surface area contributed by atoms with Gasteiger partial charge < -0.3 is 20.5 Å². The summed E-state index contributed by atoms with van der Waals surface area (Å²) in [5.74, 6) is 0.452. The van der Waals surface area contributed by atoms with E-state index in [0.29, 0.717) is 12.5 Å². The summed E-state index contributed by atoms with van der Waals surface area (Å²) < 4.78 is 9.93. The van der Waals surface area contributed by atoms with Crippen LogP contribution in [-0.4, -0.2) is 42.3 Å². The molecule has 1 aliphatic rings. The summed E-state index contributed by atoms with van der Waals surface area (Å²) in [6.45, 7) is 1.44. The smallest absolute Gasteiger partial charge is 0.324 e. The van der Waals surface area contributed by atoms with Gasteiger partial charge in [-0.3, -0.25) is 0 Å². The molecule has 1 aliphatic carbocycles. The van der Waals surface area contributed by atoms with Crippen LogP contribution < -0.4 is 20.5 Å². The van der Waals surface area contributed by atoms with Crippen molar-refractivity contribution in [3.8, 4) is 12.0 Å². The van der Waals surface area contributed by atoms with Gasteiger partial charge in [0.05, 0.1) is 14.2 Å². The molecule has 94 valence electrons. The van der Waals surface area contributed by atoms with Gasteiger partial charge in [0, 0.05) is 6.54 Å². The molecule has 1 heterocycles. The third-order valence-corrected chi connectivity index (χ3v) is 2.97. The lowest BCUT2D eigenvalue weighted by Gasteiger charge is -2.13. The van der Waals surface area contributed by atoms with Crippen LogP contribution in [0.25, 0.3) is 0 Å². The van der Waals surface area contributed by atoms with Crippen LogP contribution in [0.3, 0.4) is 0 Å². The van der Waals surface area contributed by atoms with E-state index >= 15 is 0 Å². The zero-order valence-electron chi connectivity index (χ0n) is 10.1. The number of hydrogen-bond acceptors (Lipinski definition) is 7. The molecule has 0 radical (unpaired) electrons. The summed E-state index contributed by atoms with van der Waals surface area (Å²) >= 11 is 0. The molecule has 1 saturated carbocycles. The van der Waals surface area contributed by atoms with Crippen molar-refractivity contribution in [2.24, 2.45) is 11.1 Å². The maximum atomic E-state index is 5.70. The van der Waals surface area contributed by atoms with E-state index in [-0.39, 0.29) is 17.4 Å². The second-order valence-corrected chi connectivity index (χ2v) is 4.19. The molecule has 0 aromatic carbocycles. The lowest BCUT2D eigenvalue weighted by atomic mass is 10.1. The lowest BCUT2D eigenvalue weighted by molar-refractivity contribution is 0.341. The molecule has 0 atom stereocenters. The first-order valence-corrected chi connectivity index (χ1v) is 5.49. The Morgan fingerprint density at radius 3 is 2.18 bits per heavy atom. The van der Waals surface area contributed by atoms with E-state index in [1.54, 1.807) is 0 Å². The van der Waals surface area contributed by atoms with Crippen LogP contribution in [-0.2, 0) is 0 Å². The van der Waals surface area contributed by atoms with Gasteiger partial charge in [0.25, 0.3) is 0 Å². The highest BCUT2D eigenvalue weighted by Gasteiger charge is 2.41. The number of nitrogens with one attached hydrogen (secondary N) is 1. The molecular weight excluding hydrogens is 222 g/mol. The molecule has 0 saturated heterocycles. The normalized spacial score (nSPS) is 16.4. The summed E-state index contributed by atoms with van der Waals surface area (Å²) in [5.41, 5.74) is 5.92. The Labute approximate surface area is 99.8 Å². The topological polar surface area (TPSA) is 95.2 Å². The van der Waals surface area contributed by atoms with Crippen molar-refractivity contribution in [1.82, 2.24) is 15.0 Å². The number of nitrogens with zero attached hydrogens (tertiary/aromatic N) is 3. The second-order valence-electron chi connectivity index (χ2n) is 4.19. The van der Waals surface area contributed by atoms with Crippen molar-refractivity contribution in [1.29, 1.82) is 0 Å². The van der Waals surface area contributed by atoms with Crippen molar-refractivity contribution in [3.63, 3.8) is 0 Å². The number of anilines is 1. The zero-order valence-corrected chi connectivity index (χ0v) is 10.1. The first-order chi connectivity index (χ1) is 8.21. The molecule has 0 unspecified atom stereocenters. The number of hydrogen-bond donors (Lipinski definition) is 2. The molecule has 1 aromatic heterocycles. The molecular formula is C10H17N5O2. The minimum absolute atomic E-state index is 0.215. The minimum atomic E-state index is 0.215. The molecule has 0 amide bonds. The number of rotatable bonds is 6. The van der Waals surface area contributed by atoms with Crippen LogP contribution in [0.2, 0.25) is 0 Å². The van der Waals surface area contributed by atoms with Crippen molar-refractivity contribution in [3.05, 3.63) is 0 Å². The number of nitrogens with two attached hydrogens (primary N) is 1. The first-order valence-electron chi connectivity index (χ1n) is 5.49. The Bertz CT molecular complexity index is 372. The molecule has 1 fully saturated rings. The highest BCUT2D eigenvalue weighted by atomic mass is 16.5. The molecule has 0 aliphatic heterocycles. The van der Waals surface area contributed by atoms with E-state index in [0.717, 1.165) is 19.4 Å². The summed E-state index contributed by atoms with van der Waals surface area (Å²) in [4.78, 5) is 12.1. The SMILES string of the molecule is COc1nc(NCC2(CN)CC2)nc(OC)n1. The first kappa shape index (κ1) is 11.8. The highest BCUT2D eigenvalue weighted by Crippen LogP contribution is 2.44. The van der Waals surface area contributed by atoms with Gasteiger partial charge in [0.15, 0.2) is 0 Å². The van der Waals surface area contributed by atoms with Crippen molar-refractivity contribution in [2.75, 3.05) is 32.6 Å². The lowest BCUT2D eigenvalue weighted by Crippen LogP contribution is -2.25. The highest BCUT2D eigenvalue weighted by molar-refractivity contribution is 5.28. The van der Waals surface area contributed by atoms with Gasteiger partial charge in [-0.25, -0.2) is 0 Å². The van der Waals surface area contributed by atoms with Crippen molar-refractivity contribution < 1.29 is 9.47 Å². The largest absolute Gasteiger partial charge is 0.467 e. The molecule has 1 aromatic rings. The van der Waals surface area contributed by atoms with Gasteiger partial charge in [0.1, 0.15) is 0 Å². The summed E-state index contributed by atoms with van der Waals surface area (Å²) in [7, 11) is 3.00. The third kappa shape index (κ3) is 2.73. The Kier molecular flexibility index (Phi) is 3.28. The maximum Gasteiger partial charge on any atom is 0.324 e. The fourth-order valence-corrected chi connectivity index (χ4v) is 1.50. The Balaban J connectivity index is 2.04. The van der Waals surface area contributed by atoms with Gasteiger partial charge in [-0.15, -0.1) is 4.98 Å². The van der Waals surface area contributed by atoms with E-state index in [9.17, 15) is 0 Å². The van der Waals surface area contributed by atoms with E-state index in [2.05, 4.69) is 20.3 Å². The Morgan fingerprint density at radius 2 is 1.76 bits per heavy atom. The van der Waals surface area contributed by atoms with Gasteiger partial charge >= 0.3 is 12.0 Å². The predicted molar refractivity (Wildman–Crippen MR) is 62.1 cm³/mol. The average Bonchev–Trinajstić information content (AvgIpc) is 3.16. The molecule has 2 rings (SSSR count). The van der Waals surface area contributed by atoms with Gasteiger partial charge in [0.2, 0.25) is 5.95 Å². The molecule has 7 nitrogen and oxygen atoms in total. The van der Waals surface area contributed by atoms with Gasteiger partial charge in [-0.05, 0) is 24.8 Å². The van der Waals surface area contributed by atoms with Crippen molar-refractivity contribution >= 4 is 5.95 Å². The van der Waals surface area contributed by atoms with E-state index in [4.69, 9.17) is 15.2 Å². The van der Waals surface area contributed by atoms with Crippen LogP contribution in [0.4, 0.5) is 5.95 Å². The minimum Gasteiger partial charge on any atom is -0.467 e. The number of aromatic nitrogens is 3. The monoisotopic (exact) mass is 239 g/mol. The standard InChI is InChI=1S/C10H17N5O2/c1-16-8-13-7(14-9(15-8)17-2)12-6-10(5-11)3-4-10/h3-6,11H2,1-2H3,(H,12,13,14,15). The Morgan fingerprint density at radius 1 is 1.18 bits per heavy atom. The van der Waals surface area contributed by atoms with Crippen LogP contribution >= 0.6 is 0 Å². The summed E-state index contributed by atoms with van der Waals surface area (Å²) in [5, 5.41) is 3.15. The maximum absolute atomic E-state index is 5.70. The fraction of sp³-hybridized carbons (Fsp3) is 0.700. The predicted octanol–water partition coefficient (Wildman–Crippen LogP) is 0.0396. The van der Waals surface area contributed by atoms with Crippen LogP contribution in [0.1, 0.15) is 12.8 Å². The summed E-state index contributed by atoms with van der Waals surface area (Å²) in [6.07, 6.45) is 2.30. The molecule has 0 spiro atoms. The summed E-state index contributed by atoms with van der Waals surface area (Å²) in [6, 6.07) is 0.467. The molecule has 3 N–H and O–H groups in total. The number of ether oxygens (including phenoxy) is 2. The van der Waals surface area contributed by atoms with E-state index in [1.165, 1.54) is 14.2 Å². The van der Waals surface area contributed by atoms with Crippen LogP contribution in [0.15, 0.2) is 0 Å². The van der Waals surface area contributed by atoms with Crippen molar-refractivity contribution in [2.45, 2.75) is 12.8 Å². The van der Waals surface area contributed by atoms with Gasteiger partial charge in [-0.1, -0.05) is 0 Å². The zero-order chi connectivity index (χ0) is 12.3. The quantitative estimate of drug-likeness (QED) is 0.723. The number of methoxy groups -OCH3 is 2. The third-order valence-electron chi connectivity index (χ3n) is 2.97. The van der Waals surface area contributed by atoms with E-state index in [1.807, 2.05) is 0 Å². The molecule has 17 heavy (non-hydrogen) atoms. The molecule has 0 bridgehead atoms. The second kappa shape index (κ2) is 4.70. The van der Waals surface area contributed by atoms with Gasteiger partial charge in [-0.2, -0.15) is 9.97 Å². The Hall–Kier alpha value is -1.63. The fourth-order valence-electron chi connectivity index (χ4n) is 1.50. The van der Waals surface area contributed by atoms with E-state index < -0.39 is 0 Å². The molecule has 7 heteroatoms. The van der Waals surface area contributed by atoms with Crippen LogP contribution in [0.5, 0.6) is 12.0 Å². The van der Waals surface area contributed by atoms with Crippen LogP contribution in [0, 0.1) is 5.41 Å².